The van der Waals surface area contributed by atoms with E-state index in [1.165, 1.54) is 5.56 Å². The van der Waals surface area contributed by atoms with E-state index in [2.05, 4.69) is 114 Å². The Labute approximate surface area is 329 Å². The summed E-state index contributed by atoms with van der Waals surface area (Å²) in [6.45, 7) is 6.66. The zero-order valence-corrected chi connectivity index (χ0v) is 31.7. The lowest BCUT2D eigenvalue weighted by molar-refractivity contribution is -0.385. The van der Waals surface area contributed by atoms with Gasteiger partial charge in [0, 0.05) is 40.2 Å². The first-order valence-corrected chi connectivity index (χ1v) is 18.7. The molecule has 7 aromatic carbocycles. The molecule has 0 saturated heterocycles. The lowest BCUT2D eigenvalue weighted by Crippen LogP contribution is -2.09. The second-order valence-electron chi connectivity index (χ2n) is 13.5. The van der Waals surface area contributed by atoms with Crippen molar-refractivity contribution >= 4 is 64.1 Å². The molecule has 276 valence electrons. The molecule has 0 heterocycles. The van der Waals surface area contributed by atoms with Crippen molar-refractivity contribution < 1.29 is 9.66 Å². The Morgan fingerprint density at radius 1 is 0.518 bits per heavy atom. The number of rotatable bonds is 13. The molecule has 0 fully saturated rings. The molecule has 0 aromatic heterocycles. The van der Waals surface area contributed by atoms with Crippen molar-refractivity contribution in [3.63, 3.8) is 0 Å². The van der Waals surface area contributed by atoms with Gasteiger partial charge in [-0.1, -0.05) is 96.6 Å². The first kappa shape index (κ1) is 37.1. The molecule has 0 spiro atoms. The zero-order valence-electron chi connectivity index (χ0n) is 31.7. The molecule has 0 aliphatic heterocycles. The predicted molar refractivity (Wildman–Crippen MR) is 234 cm³/mol. The molecule has 0 saturated carbocycles. The molecule has 0 unspecified atom stereocenters. The highest BCUT2D eigenvalue weighted by Crippen LogP contribution is 2.37. The van der Waals surface area contributed by atoms with Gasteiger partial charge in [-0.25, -0.2) is 0 Å². The van der Waals surface area contributed by atoms with Gasteiger partial charge in [0.05, 0.1) is 17.1 Å². The first-order chi connectivity index (χ1) is 27.4. The van der Waals surface area contributed by atoms with E-state index in [0.717, 1.165) is 62.1 Å². The Bertz CT molecular complexity index is 2440. The fourth-order valence-electron chi connectivity index (χ4n) is 6.65. The fourth-order valence-corrected chi connectivity index (χ4v) is 6.65. The summed E-state index contributed by atoms with van der Waals surface area (Å²) in [5.74, 6) is 0.827. The number of anilines is 6. The Morgan fingerprint density at radius 2 is 0.929 bits per heavy atom. The van der Waals surface area contributed by atoms with E-state index in [0.29, 0.717) is 12.2 Å². The number of para-hydroxylation sites is 2. The van der Waals surface area contributed by atoms with Gasteiger partial charge >= 0.3 is 0 Å². The van der Waals surface area contributed by atoms with Gasteiger partial charge in [0.15, 0.2) is 0 Å². The van der Waals surface area contributed by atoms with Crippen molar-refractivity contribution in [1.82, 2.24) is 0 Å². The molecule has 0 atom stereocenters. The van der Waals surface area contributed by atoms with Crippen LogP contribution in [0.2, 0.25) is 0 Å². The summed E-state index contributed by atoms with van der Waals surface area (Å²) in [7, 11) is 0. The van der Waals surface area contributed by atoms with Gasteiger partial charge in [0.1, 0.15) is 5.75 Å². The van der Waals surface area contributed by atoms with Gasteiger partial charge in [-0.3, -0.25) is 10.1 Å². The second-order valence-corrected chi connectivity index (χ2v) is 13.5. The summed E-state index contributed by atoms with van der Waals surface area (Å²) in [5, 5.41) is 12.3. The average molecular weight is 734 g/mol. The van der Waals surface area contributed by atoms with Crippen LogP contribution in [0.1, 0.15) is 40.3 Å². The first-order valence-electron chi connectivity index (χ1n) is 18.7. The van der Waals surface area contributed by atoms with Crippen LogP contribution in [0.5, 0.6) is 5.75 Å². The molecule has 6 nitrogen and oxygen atoms in total. The van der Waals surface area contributed by atoms with E-state index in [1.54, 1.807) is 6.07 Å². The van der Waals surface area contributed by atoms with Crippen LogP contribution in [0.15, 0.2) is 170 Å². The maximum atomic E-state index is 12.3. The van der Waals surface area contributed by atoms with Crippen LogP contribution in [-0.4, -0.2) is 11.5 Å². The molecular weight excluding hydrogens is 691 g/mol. The van der Waals surface area contributed by atoms with Crippen LogP contribution >= 0.6 is 0 Å². The van der Waals surface area contributed by atoms with E-state index in [-0.39, 0.29) is 10.6 Å². The van der Waals surface area contributed by atoms with Crippen molar-refractivity contribution in [2.75, 3.05) is 16.4 Å². The molecule has 0 N–H and O–H groups in total. The summed E-state index contributed by atoms with van der Waals surface area (Å²) in [6, 6.07) is 57.1. The van der Waals surface area contributed by atoms with Crippen molar-refractivity contribution in [1.29, 1.82) is 0 Å². The highest BCUT2D eigenvalue weighted by Gasteiger charge is 2.16. The van der Waals surface area contributed by atoms with Gasteiger partial charge in [-0.15, -0.1) is 0 Å². The minimum absolute atomic E-state index is 0.0563. The minimum atomic E-state index is -0.313. The highest BCUT2D eigenvalue weighted by molar-refractivity contribution is 5.82. The lowest BCUT2D eigenvalue weighted by atomic mass is 10.0. The number of hydrogen-bond donors (Lipinski definition) is 0. The topological polar surface area (TPSA) is 58.8 Å². The summed E-state index contributed by atoms with van der Waals surface area (Å²) >= 11 is 0. The summed E-state index contributed by atoms with van der Waals surface area (Å²) < 4.78 is 5.66. The molecule has 6 heteroatoms. The van der Waals surface area contributed by atoms with Crippen molar-refractivity contribution in [2.45, 2.75) is 20.8 Å². The van der Waals surface area contributed by atoms with Gasteiger partial charge in [-0.05, 0) is 140 Å². The van der Waals surface area contributed by atoms with Crippen LogP contribution < -0.4 is 14.5 Å². The van der Waals surface area contributed by atoms with Crippen LogP contribution in [0.4, 0.5) is 39.8 Å². The lowest BCUT2D eigenvalue weighted by Gasteiger charge is -2.25. The minimum Gasteiger partial charge on any atom is -0.494 e. The van der Waals surface area contributed by atoms with Crippen molar-refractivity contribution in [3.05, 3.63) is 213 Å². The third-order valence-electron chi connectivity index (χ3n) is 9.55. The Hall–Kier alpha value is -7.18. The van der Waals surface area contributed by atoms with Gasteiger partial charge in [-0.2, -0.15) is 0 Å². The third-order valence-corrected chi connectivity index (χ3v) is 9.55. The van der Waals surface area contributed by atoms with Crippen LogP contribution in [0.3, 0.4) is 0 Å². The SMILES string of the molecule is CCOc1ccc(N(c2ccccc2)c2ccc(/C=C\c3cc(C)c(/C=C\c4ccc(N(c5ccccc5)c5ccc(C)cc5)cc4)cc3[N+](=O)[O-])cc2)cc1. The molecule has 56 heavy (non-hydrogen) atoms. The number of aryl methyl sites for hydroxylation is 2. The smallest absolute Gasteiger partial charge is 0.277 e. The van der Waals surface area contributed by atoms with Crippen LogP contribution in [0, 0.1) is 24.0 Å². The summed E-state index contributed by atoms with van der Waals surface area (Å²) in [5.41, 5.74) is 11.7. The Morgan fingerprint density at radius 3 is 1.38 bits per heavy atom. The quantitative estimate of drug-likeness (QED) is 0.0671. The van der Waals surface area contributed by atoms with E-state index >= 15 is 0 Å². The average Bonchev–Trinajstić information content (AvgIpc) is 3.23. The van der Waals surface area contributed by atoms with Gasteiger partial charge in [0.2, 0.25) is 0 Å². The number of nitro groups is 1. The molecule has 0 aliphatic rings. The number of benzene rings is 7. The van der Waals surface area contributed by atoms with Crippen LogP contribution in [-0.2, 0) is 0 Å². The van der Waals surface area contributed by atoms with Crippen molar-refractivity contribution in [2.24, 2.45) is 0 Å². The largest absolute Gasteiger partial charge is 0.494 e. The van der Waals surface area contributed by atoms with Gasteiger partial charge < -0.3 is 14.5 Å². The molecule has 0 amide bonds. The van der Waals surface area contributed by atoms with Crippen molar-refractivity contribution in [3.8, 4) is 5.75 Å². The molecule has 0 aliphatic carbocycles. The monoisotopic (exact) mass is 733 g/mol. The summed E-state index contributed by atoms with van der Waals surface area (Å²) in [4.78, 5) is 16.4. The molecule has 7 aromatic rings. The third kappa shape index (κ3) is 8.78. The summed E-state index contributed by atoms with van der Waals surface area (Å²) in [6.07, 6.45) is 7.68. The van der Waals surface area contributed by atoms with E-state index in [1.807, 2.05) is 105 Å². The second kappa shape index (κ2) is 17.3. The van der Waals surface area contributed by atoms with E-state index in [9.17, 15) is 10.1 Å². The molecule has 7 rings (SSSR count). The van der Waals surface area contributed by atoms with Gasteiger partial charge in [0.25, 0.3) is 5.69 Å². The molecule has 0 radical (unpaired) electrons. The van der Waals surface area contributed by atoms with E-state index in [4.69, 9.17) is 4.74 Å². The van der Waals surface area contributed by atoms with E-state index < -0.39 is 0 Å². The molecule has 0 bridgehead atoms. The van der Waals surface area contributed by atoms with Crippen LogP contribution in [0.25, 0.3) is 24.3 Å². The zero-order chi connectivity index (χ0) is 38.9. The number of nitrogens with zero attached hydrogens (tertiary/aromatic N) is 3. The number of hydrogen-bond acceptors (Lipinski definition) is 5. The normalized spacial score (nSPS) is 11.2. The fraction of sp³-hybridized carbons (Fsp3) is 0.0800. The maximum absolute atomic E-state index is 12.3. The maximum Gasteiger partial charge on any atom is 0.277 e. The Kier molecular flexibility index (Phi) is 11.5. The standard InChI is InChI=1S/C50H43N3O3/c1-4-56-49-33-31-48(32-34-49)52(44-13-9-6-10-14-44)47-29-21-40(22-30-47)18-24-42-35-38(3)41(36-50(42)53(54)55)23-17-39-19-27-46(28-20-39)51(43-11-7-5-8-12-43)45-25-15-37(2)16-26-45/h5-36H,4H2,1-3H3/b23-17-,24-18-. The Balaban J connectivity index is 1.10. The predicted octanol–water partition coefficient (Wildman–Crippen LogP) is 13.9. The number of nitro benzene ring substituents is 1. The number of ether oxygens (including phenoxy) is 1. The highest BCUT2D eigenvalue weighted by atomic mass is 16.6. The molecular formula is C50H43N3O3.